The van der Waals surface area contributed by atoms with E-state index in [2.05, 4.69) is 21.2 Å². The van der Waals surface area contributed by atoms with E-state index in [1.165, 1.54) is 18.7 Å². The fraction of sp³-hybridized carbons (Fsp3) is 0.357. The zero-order chi connectivity index (χ0) is 29.2. The van der Waals surface area contributed by atoms with Gasteiger partial charge in [-0.2, -0.15) is 0 Å². The van der Waals surface area contributed by atoms with Gasteiger partial charge in [-0.1, -0.05) is 42.5 Å². The number of benzene rings is 2. The molecule has 3 atom stereocenters. The van der Waals surface area contributed by atoms with Crippen LogP contribution in [0.25, 0.3) is 0 Å². The van der Waals surface area contributed by atoms with Crippen molar-refractivity contribution in [1.82, 2.24) is 10.2 Å². The smallest absolute Gasteiger partial charge is 0.410 e. The number of nitrogens with one attached hydrogen (secondary N) is 1. The van der Waals surface area contributed by atoms with Gasteiger partial charge in [0.05, 0.1) is 31.4 Å². The van der Waals surface area contributed by atoms with Crippen LogP contribution in [-0.2, 0) is 46.5 Å². The lowest BCUT2D eigenvalue weighted by molar-refractivity contribution is -0.152. The van der Waals surface area contributed by atoms with Crippen LogP contribution in [0.1, 0.15) is 25.0 Å². The fourth-order valence-electron chi connectivity index (χ4n) is 3.83. The lowest BCUT2D eigenvalue weighted by Crippen LogP contribution is -2.42. The van der Waals surface area contributed by atoms with Gasteiger partial charge < -0.3 is 29.0 Å². The van der Waals surface area contributed by atoms with E-state index in [4.69, 9.17) is 23.7 Å². The number of methoxy groups -OCH3 is 2. The largest absolute Gasteiger partial charge is 0.497 e. The van der Waals surface area contributed by atoms with Crippen LogP contribution < -0.4 is 10.1 Å². The minimum Gasteiger partial charge on any atom is -0.497 e. The molecule has 1 aliphatic rings. The van der Waals surface area contributed by atoms with E-state index in [1.807, 2.05) is 30.3 Å². The van der Waals surface area contributed by atoms with Crippen LogP contribution in [0.2, 0.25) is 0 Å². The SMILES string of the molecule is COC(=O)/C(NC(C)=O)=C(\Br)[C@@H](OC(C)=O)[C@H](OCc1ccc(OC)cc1)[C@@H]1CN1C(=O)OCc1ccccc1. The summed E-state index contributed by atoms with van der Waals surface area (Å²) in [6, 6.07) is 15.8. The van der Waals surface area contributed by atoms with Gasteiger partial charge in [-0.3, -0.25) is 14.5 Å². The lowest BCUT2D eigenvalue weighted by Gasteiger charge is -2.28. The van der Waals surface area contributed by atoms with Gasteiger partial charge in [-0.15, -0.1) is 0 Å². The Bertz CT molecular complexity index is 1230. The van der Waals surface area contributed by atoms with E-state index in [-0.39, 0.29) is 29.9 Å². The molecule has 1 heterocycles. The van der Waals surface area contributed by atoms with Crippen molar-refractivity contribution in [2.75, 3.05) is 20.8 Å². The van der Waals surface area contributed by atoms with Gasteiger partial charge in [0.2, 0.25) is 5.91 Å². The van der Waals surface area contributed by atoms with E-state index in [9.17, 15) is 19.2 Å². The molecule has 0 radical (unpaired) electrons. The van der Waals surface area contributed by atoms with Crippen LogP contribution in [0.3, 0.4) is 0 Å². The molecule has 0 aliphatic carbocycles. The highest BCUT2D eigenvalue weighted by atomic mass is 79.9. The molecule has 1 N–H and O–H groups in total. The molecule has 11 nitrogen and oxygen atoms in total. The second-order valence-electron chi connectivity index (χ2n) is 8.81. The Hall–Kier alpha value is -3.90. The Morgan fingerprint density at radius 1 is 0.975 bits per heavy atom. The third-order valence-corrected chi connectivity index (χ3v) is 6.69. The predicted molar refractivity (Wildman–Crippen MR) is 146 cm³/mol. The Labute approximate surface area is 240 Å². The molecular formula is C28H31BrN2O9. The maximum Gasteiger partial charge on any atom is 0.410 e. The first-order valence-electron chi connectivity index (χ1n) is 12.3. The van der Waals surface area contributed by atoms with Crippen LogP contribution in [0.5, 0.6) is 5.75 Å². The van der Waals surface area contributed by atoms with Crippen molar-refractivity contribution in [3.05, 3.63) is 75.9 Å². The number of hydrogen-bond donors (Lipinski definition) is 1. The Morgan fingerprint density at radius 2 is 1.62 bits per heavy atom. The van der Waals surface area contributed by atoms with Gasteiger partial charge in [0.15, 0.2) is 6.10 Å². The van der Waals surface area contributed by atoms with E-state index in [0.717, 1.165) is 18.2 Å². The summed E-state index contributed by atoms with van der Waals surface area (Å²) in [5, 5.41) is 2.41. The Kier molecular flexibility index (Phi) is 11.1. The maximum absolute atomic E-state index is 12.9. The summed E-state index contributed by atoms with van der Waals surface area (Å²) in [7, 11) is 2.70. The highest BCUT2D eigenvalue weighted by molar-refractivity contribution is 9.11. The van der Waals surface area contributed by atoms with Gasteiger partial charge in [-0.25, -0.2) is 9.59 Å². The summed E-state index contributed by atoms with van der Waals surface area (Å²) in [5.74, 6) is -1.43. The van der Waals surface area contributed by atoms with Gasteiger partial charge in [-0.05, 0) is 39.2 Å². The third-order valence-electron chi connectivity index (χ3n) is 5.84. The molecule has 3 rings (SSSR count). The molecule has 40 heavy (non-hydrogen) atoms. The number of esters is 2. The molecule has 2 aromatic rings. The summed E-state index contributed by atoms with van der Waals surface area (Å²) in [6.07, 6.45) is -2.77. The van der Waals surface area contributed by atoms with Gasteiger partial charge in [0.1, 0.15) is 24.2 Å². The Balaban J connectivity index is 1.90. The topological polar surface area (TPSA) is 129 Å². The van der Waals surface area contributed by atoms with Crippen LogP contribution in [0.15, 0.2) is 64.8 Å². The second kappa shape index (κ2) is 14.5. The summed E-state index contributed by atoms with van der Waals surface area (Å²) < 4.78 is 27.3. The zero-order valence-electron chi connectivity index (χ0n) is 22.5. The fourth-order valence-corrected chi connectivity index (χ4v) is 4.45. The number of carbonyl (C=O) groups excluding carboxylic acids is 4. The van der Waals surface area contributed by atoms with E-state index in [1.54, 1.807) is 31.4 Å². The first kappa shape index (κ1) is 30.6. The lowest BCUT2D eigenvalue weighted by atomic mass is 10.1. The molecule has 0 saturated carbocycles. The standard InChI is InChI=1S/C28H31BrN2O9/c1-17(32)30-24(27(34)37-4)23(29)26(40-18(2)33)25(38-15-20-10-12-21(36-3)13-11-20)22-14-31(22)28(35)39-16-19-8-6-5-7-9-19/h5-13,22,25-26H,14-16H2,1-4H3,(H,30,32)/b24-23+/t22-,25+,26+,31?/m0/s1. The first-order chi connectivity index (χ1) is 19.1. The average Bonchev–Trinajstić information content (AvgIpc) is 3.75. The number of nitrogens with zero attached hydrogens (tertiary/aromatic N) is 1. The number of rotatable bonds is 12. The van der Waals surface area contributed by atoms with Crippen LogP contribution in [-0.4, -0.2) is 67.9 Å². The van der Waals surface area contributed by atoms with Crippen molar-refractivity contribution in [1.29, 1.82) is 0 Å². The molecule has 0 aromatic heterocycles. The molecule has 0 unspecified atom stereocenters. The molecule has 1 aliphatic heterocycles. The number of ether oxygens (including phenoxy) is 5. The minimum absolute atomic E-state index is 0.00832. The molecule has 2 amide bonds. The number of hydrogen-bond acceptors (Lipinski definition) is 9. The van der Waals surface area contributed by atoms with Crippen LogP contribution in [0, 0.1) is 0 Å². The van der Waals surface area contributed by atoms with Crippen molar-refractivity contribution in [3.8, 4) is 5.75 Å². The van der Waals surface area contributed by atoms with Crippen LogP contribution >= 0.6 is 15.9 Å². The average molecular weight is 619 g/mol. The summed E-state index contributed by atoms with van der Waals surface area (Å²) in [5.41, 5.74) is 1.34. The van der Waals surface area contributed by atoms with Gasteiger partial charge in [0, 0.05) is 20.4 Å². The summed E-state index contributed by atoms with van der Waals surface area (Å²) in [6.45, 7) is 2.80. The first-order valence-corrected chi connectivity index (χ1v) is 13.1. The maximum atomic E-state index is 12.9. The molecule has 214 valence electrons. The molecule has 2 aromatic carbocycles. The monoisotopic (exact) mass is 618 g/mol. The van der Waals surface area contributed by atoms with E-state index in [0.29, 0.717) is 5.75 Å². The second-order valence-corrected chi connectivity index (χ2v) is 9.66. The molecule has 0 bridgehead atoms. The normalized spacial score (nSPS) is 16.1. The number of amides is 2. The molecule has 1 fully saturated rings. The molecular weight excluding hydrogens is 588 g/mol. The number of halogens is 1. The van der Waals surface area contributed by atoms with Crippen LogP contribution in [0.4, 0.5) is 4.79 Å². The summed E-state index contributed by atoms with van der Waals surface area (Å²) in [4.78, 5) is 50.8. The molecule has 0 spiro atoms. The van der Waals surface area contributed by atoms with Crippen molar-refractivity contribution < 1.29 is 42.9 Å². The van der Waals surface area contributed by atoms with E-state index >= 15 is 0 Å². The molecule has 12 heteroatoms. The highest BCUT2D eigenvalue weighted by Crippen LogP contribution is 2.34. The molecule has 1 saturated heterocycles. The van der Waals surface area contributed by atoms with E-state index < -0.39 is 42.2 Å². The predicted octanol–water partition coefficient (Wildman–Crippen LogP) is 3.45. The van der Waals surface area contributed by atoms with Gasteiger partial charge in [0.25, 0.3) is 0 Å². The number of carbonyl (C=O) groups is 4. The van der Waals surface area contributed by atoms with Crippen molar-refractivity contribution in [2.24, 2.45) is 0 Å². The quantitative estimate of drug-likeness (QED) is 0.164. The highest BCUT2D eigenvalue weighted by Gasteiger charge is 2.51. The van der Waals surface area contributed by atoms with Crippen molar-refractivity contribution >= 4 is 39.9 Å². The minimum atomic E-state index is -1.23. The van der Waals surface area contributed by atoms with Gasteiger partial charge >= 0.3 is 18.0 Å². The Morgan fingerprint density at radius 3 is 2.20 bits per heavy atom. The van der Waals surface area contributed by atoms with Crippen molar-refractivity contribution in [3.63, 3.8) is 0 Å². The van der Waals surface area contributed by atoms with Crippen molar-refractivity contribution in [2.45, 2.75) is 45.3 Å². The third kappa shape index (κ3) is 8.55. The zero-order valence-corrected chi connectivity index (χ0v) is 24.1. The summed E-state index contributed by atoms with van der Waals surface area (Å²) >= 11 is 3.33.